The summed E-state index contributed by atoms with van der Waals surface area (Å²) in [5.41, 5.74) is 5.16. The minimum absolute atomic E-state index is 0.182. The zero-order valence-corrected chi connectivity index (χ0v) is 23.2. The second kappa shape index (κ2) is 11.5. The van der Waals surface area contributed by atoms with Gasteiger partial charge in [0.1, 0.15) is 11.5 Å². The lowest BCUT2D eigenvalue weighted by atomic mass is 10.1. The number of methoxy groups -OCH3 is 2. The fourth-order valence-corrected chi connectivity index (χ4v) is 4.74. The molecular formula is C31H30N6O4. The van der Waals surface area contributed by atoms with Crippen LogP contribution in [0, 0.1) is 0 Å². The fraction of sp³-hybridized carbons (Fsp3) is 0.194. The van der Waals surface area contributed by atoms with Crippen LogP contribution in [-0.2, 0) is 16.6 Å². The lowest BCUT2D eigenvalue weighted by Crippen LogP contribution is -2.32. The molecule has 2 aromatic heterocycles. The number of carbonyl (C=O) groups is 2. The number of allylic oxidation sites excluding steroid dienone is 2. The molecule has 2 aromatic carbocycles. The average molecular weight is 551 g/mol. The van der Waals surface area contributed by atoms with Crippen LogP contribution in [-0.4, -0.2) is 63.8 Å². The summed E-state index contributed by atoms with van der Waals surface area (Å²) in [7, 11) is 5.05. The van der Waals surface area contributed by atoms with Crippen LogP contribution in [0.2, 0.25) is 0 Å². The molecule has 41 heavy (non-hydrogen) atoms. The van der Waals surface area contributed by atoms with Gasteiger partial charge in [-0.15, -0.1) is 0 Å². The first-order valence-electron chi connectivity index (χ1n) is 13.0. The maximum absolute atomic E-state index is 12.9. The Labute approximate surface area is 237 Å². The van der Waals surface area contributed by atoms with E-state index in [0.717, 1.165) is 22.5 Å². The number of likely N-dealkylation sites (tertiary alicyclic amines) is 1. The number of imide groups is 1. The quantitative estimate of drug-likeness (QED) is 0.208. The van der Waals surface area contributed by atoms with Crippen molar-refractivity contribution in [3.05, 3.63) is 91.4 Å². The summed E-state index contributed by atoms with van der Waals surface area (Å²) in [6.45, 7) is 8.11. The third-order valence-electron chi connectivity index (χ3n) is 6.84. The van der Waals surface area contributed by atoms with Crippen LogP contribution in [0.4, 0.5) is 11.4 Å². The van der Waals surface area contributed by atoms with Crippen molar-refractivity contribution < 1.29 is 19.1 Å². The van der Waals surface area contributed by atoms with Gasteiger partial charge >= 0.3 is 0 Å². The van der Waals surface area contributed by atoms with Crippen LogP contribution >= 0.6 is 0 Å². The molecule has 4 aromatic rings. The predicted octanol–water partition coefficient (Wildman–Crippen LogP) is 4.61. The van der Waals surface area contributed by atoms with E-state index in [-0.39, 0.29) is 29.5 Å². The van der Waals surface area contributed by atoms with Gasteiger partial charge in [0.05, 0.1) is 48.9 Å². The highest BCUT2D eigenvalue weighted by Crippen LogP contribution is 2.34. The minimum Gasteiger partial charge on any atom is -0.497 e. The largest absolute Gasteiger partial charge is 0.497 e. The number of nitrogens with zero attached hydrogens (tertiary/aromatic N) is 6. The summed E-state index contributed by atoms with van der Waals surface area (Å²) in [5, 5.41) is 4.24. The Morgan fingerprint density at radius 1 is 0.976 bits per heavy atom. The molecule has 0 saturated carbocycles. The van der Waals surface area contributed by atoms with E-state index >= 15 is 0 Å². The van der Waals surface area contributed by atoms with Crippen LogP contribution in [0.5, 0.6) is 11.5 Å². The molecule has 0 radical (unpaired) electrons. The maximum atomic E-state index is 12.9. The summed E-state index contributed by atoms with van der Waals surface area (Å²) >= 11 is 0. The van der Waals surface area contributed by atoms with E-state index in [0.29, 0.717) is 35.7 Å². The van der Waals surface area contributed by atoms with E-state index in [1.165, 1.54) is 17.1 Å². The monoisotopic (exact) mass is 550 g/mol. The van der Waals surface area contributed by atoms with Crippen molar-refractivity contribution in [2.75, 3.05) is 32.2 Å². The van der Waals surface area contributed by atoms with Gasteiger partial charge in [-0.1, -0.05) is 19.2 Å². The number of amides is 2. The number of aromatic nitrogens is 4. The first-order chi connectivity index (χ1) is 19.8. The first kappa shape index (κ1) is 27.3. The third-order valence-corrected chi connectivity index (χ3v) is 6.84. The summed E-state index contributed by atoms with van der Waals surface area (Å²) < 4.78 is 12.8. The zero-order valence-electron chi connectivity index (χ0n) is 23.2. The van der Waals surface area contributed by atoms with Gasteiger partial charge in [0, 0.05) is 67.0 Å². The van der Waals surface area contributed by atoms with Crippen LogP contribution in [0.25, 0.3) is 22.3 Å². The third kappa shape index (κ3) is 5.44. The molecule has 0 unspecified atom stereocenters. The number of carbonyl (C=O) groups excluding carboxylic acids is 2. The Morgan fingerprint density at radius 3 is 2.39 bits per heavy atom. The number of hydrogen-bond acceptors (Lipinski definition) is 8. The second-order valence-electron chi connectivity index (χ2n) is 9.46. The summed E-state index contributed by atoms with van der Waals surface area (Å²) in [4.78, 5) is 38.3. The molecule has 1 fully saturated rings. The van der Waals surface area contributed by atoms with Gasteiger partial charge in [0.25, 0.3) is 11.8 Å². The molecule has 10 heteroatoms. The lowest BCUT2D eigenvalue weighted by molar-refractivity contribution is -0.136. The highest BCUT2D eigenvalue weighted by molar-refractivity contribution is 6.24. The van der Waals surface area contributed by atoms with Crippen molar-refractivity contribution in [2.24, 2.45) is 7.05 Å². The van der Waals surface area contributed by atoms with Gasteiger partial charge in [-0.3, -0.25) is 24.2 Å². The number of hydrogen-bond donors (Lipinski definition) is 0. The molecule has 1 aliphatic rings. The zero-order chi connectivity index (χ0) is 29.1. The highest BCUT2D eigenvalue weighted by Gasteiger charge is 2.36. The molecule has 3 heterocycles. The van der Waals surface area contributed by atoms with Crippen molar-refractivity contribution >= 4 is 34.2 Å². The predicted molar refractivity (Wildman–Crippen MR) is 157 cm³/mol. The van der Waals surface area contributed by atoms with E-state index < -0.39 is 0 Å². The molecule has 1 aliphatic heterocycles. The van der Waals surface area contributed by atoms with Crippen molar-refractivity contribution in [3.8, 4) is 22.8 Å². The van der Waals surface area contributed by atoms with Gasteiger partial charge in [-0.2, -0.15) is 5.10 Å². The minimum atomic E-state index is -0.387. The van der Waals surface area contributed by atoms with Gasteiger partial charge in [-0.25, -0.2) is 4.98 Å². The summed E-state index contributed by atoms with van der Waals surface area (Å²) in [6, 6.07) is 11.5. The standard InChI is InChI=1S/C31H30N6O4/c1-6-8-26-20(2)30(38)37(31(26)39)12-7-11-36(23-13-24(40-4)16-25(14-23)41-5)22-9-10-27-28(15-22)34-29(18-32-27)21-17-33-35(3)19-21/h6,8-10,13-19H,1-2,7,11-12H2,3-5H3/b26-8+. The molecule has 0 aliphatic carbocycles. The van der Waals surface area contributed by atoms with Gasteiger partial charge < -0.3 is 14.4 Å². The molecule has 0 N–H and O–H groups in total. The molecule has 0 atom stereocenters. The Balaban J connectivity index is 1.49. The average Bonchev–Trinajstić information content (AvgIpc) is 3.51. The Bertz CT molecular complexity index is 1680. The summed E-state index contributed by atoms with van der Waals surface area (Å²) in [6.07, 6.45) is 8.87. The van der Waals surface area contributed by atoms with Crippen molar-refractivity contribution in [1.29, 1.82) is 0 Å². The number of aryl methyl sites for hydroxylation is 1. The molecule has 5 rings (SSSR count). The number of benzene rings is 2. The fourth-order valence-electron chi connectivity index (χ4n) is 4.74. The number of fused-ring (bicyclic) bond motifs is 1. The second-order valence-corrected chi connectivity index (χ2v) is 9.46. The lowest BCUT2D eigenvalue weighted by Gasteiger charge is -2.27. The smallest absolute Gasteiger partial charge is 0.261 e. The summed E-state index contributed by atoms with van der Waals surface area (Å²) in [5.74, 6) is 0.508. The molecule has 208 valence electrons. The van der Waals surface area contributed by atoms with Crippen molar-refractivity contribution in [3.63, 3.8) is 0 Å². The molecule has 0 bridgehead atoms. The van der Waals surface area contributed by atoms with Crippen LogP contribution < -0.4 is 14.4 Å². The Kier molecular flexibility index (Phi) is 7.64. The SMILES string of the molecule is C=C/C=C1\C(=C)C(=O)N(CCCN(c2cc(OC)cc(OC)c2)c2ccc3ncc(-c4cnn(C)c4)nc3c2)C1=O. The van der Waals surface area contributed by atoms with Gasteiger partial charge in [-0.05, 0) is 30.7 Å². The normalized spacial score (nSPS) is 14.3. The Morgan fingerprint density at radius 2 is 1.73 bits per heavy atom. The van der Waals surface area contributed by atoms with Crippen LogP contribution in [0.3, 0.4) is 0 Å². The molecular weight excluding hydrogens is 520 g/mol. The molecule has 10 nitrogen and oxygen atoms in total. The topological polar surface area (TPSA) is 103 Å². The van der Waals surface area contributed by atoms with Crippen molar-refractivity contribution in [1.82, 2.24) is 24.6 Å². The van der Waals surface area contributed by atoms with Crippen molar-refractivity contribution in [2.45, 2.75) is 6.42 Å². The van der Waals surface area contributed by atoms with Gasteiger partial charge in [0.2, 0.25) is 0 Å². The van der Waals surface area contributed by atoms with E-state index in [4.69, 9.17) is 14.5 Å². The highest BCUT2D eigenvalue weighted by atomic mass is 16.5. The first-order valence-corrected chi connectivity index (χ1v) is 13.0. The van der Waals surface area contributed by atoms with E-state index in [2.05, 4.69) is 28.1 Å². The molecule has 1 saturated heterocycles. The van der Waals surface area contributed by atoms with Gasteiger partial charge in [0.15, 0.2) is 0 Å². The molecule has 0 spiro atoms. The molecule has 2 amide bonds. The van der Waals surface area contributed by atoms with E-state index in [9.17, 15) is 9.59 Å². The van der Waals surface area contributed by atoms with E-state index in [1.807, 2.05) is 43.6 Å². The number of anilines is 2. The van der Waals surface area contributed by atoms with E-state index in [1.54, 1.807) is 37.4 Å². The van der Waals surface area contributed by atoms with Crippen LogP contribution in [0.1, 0.15) is 6.42 Å². The number of rotatable bonds is 10. The number of ether oxygens (including phenoxy) is 2. The maximum Gasteiger partial charge on any atom is 0.261 e. The van der Waals surface area contributed by atoms with Crippen LogP contribution in [0.15, 0.2) is 91.4 Å². The Hall–Kier alpha value is -5.25.